The van der Waals surface area contributed by atoms with E-state index in [9.17, 15) is 4.79 Å². The molecule has 3 rings (SSSR count). The number of methoxy groups -OCH3 is 1. The predicted octanol–water partition coefficient (Wildman–Crippen LogP) is 0.214. The second kappa shape index (κ2) is 4.02. The first kappa shape index (κ1) is 11.6. The Morgan fingerprint density at radius 3 is 2.95 bits per heavy atom. The maximum absolute atomic E-state index is 11.8. The molecule has 8 heteroatoms. The molecule has 96 valence electrons. The average Bonchev–Trinajstić information content (AvgIpc) is 2.74. The average molecular weight is 275 g/mol. The summed E-state index contributed by atoms with van der Waals surface area (Å²) in [4.78, 5) is 20.1. The van der Waals surface area contributed by atoms with Gasteiger partial charge in [0.1, 0.15) is 10.7 Å². The van der Waals surface area contributed by atoms with Gasteiger partial charge in [-0.3, -0.25) is 9.89 Å². The molecule has 0 fully saturated rings. The van der Waals surface area contributed by atoms with E-state index in [0.717, 1.165) is 0 Å². The Morgan fingerprint density at radius 1 is 1.47 bits per heavy atom. The number of ether oxygens (including phenoxy) is 1. The molecule has 0 atom stereocenters. The maximum Gasteiger partial charge on any atom is 0.291 e. The highest BCUT2D eigenvalue weighted by Crippen LogP contribution is 2.20. The third-order valence-corrected chi connectivity index (χ3v) is 2.91. The molecule has 0 bridgehead atoms. The molecule has 3 aromatic rings. The van der Waals surface area contributed by atoms with Crippen LogP contribution < -0.4 is 16.0 Å². The number of nitrogens with one attached hydrogen (secondary N) is 1. The van der Waals surface area contributed by atoms with Crippen molar-refractivity contribution in [1.82, 2.24) is 19.6 Å². The van der Waals surface area contributed by atoms with Crippen molar-refractivity contribution in [3.05, 3.63) is 34.2 Å². The Kier molecular flexibility index (Phi) is 2.46. The van der Waals surface area contributed by atoms with E-state index in [2.05, 4.69) is 15.1 Å². The van der Waals surface area contributed by atoms with E-state index in [1.165, 1.54) is 4.52 Å². The van der Waals surface area contributed by atoms with Gasteiger partial charge < -0.3 is 10.5 Å². The number of fused-ring (bicyclic) bond motifs is 3. The molecule has 0 amide bonds. The Labute approximate surface area is 112 Å². The summed E-state index contributed by atoms with van der Waals surface area (Å²) in [5, 5.41) is 2.63. The van der Waals surface area contributed by atoms with Gasteiger partial charge in [0.05, 0.1) is 18.1 Å². The Balaban J connectivity index is 2.42. The number of thiocarbonyl (C=S) groups is 1. The molecule has 2 heterocycles. The first-order valence-electron chi connectivity index (χ1n) is 5.36. The fraction of sp³-hybridized carbons (Fsp3) is 0.0909. The van der Waals surface area contributed by atoms with E-state index in [4.69, 9.17) is 22.7 Å². The number of nitrogens with two attached hydrogens (primary N) is 1. The lowest BCUT2D eigenvalue weighted by atomic mass is 10.3. The molecule has 0 saturated heterocycles. The van der Waals surface area contributed by atoms with Gasteiger partial charge in [-0.25, -0.2) is 14.5 Å². The van der Waals surface area contributed by atoms with Crippen molar-refractivity contribution in [3.63, 3.8) is 0 Å². The van der Waals surface area contributed by atoms with E-state index in [-0.39, 0.29) is 10.7 Å². The highest BCUT2D eigenvalue weighted by molar-refractivity contribution is 7.80. The van der Waals surface area contributed by atoms with Crippen molar-refractivity contribution in [2.24, 2.45) is 5.73 Å². The largest absolute Gasteiger partial charge is 0.497 e. The zero-order valence-corrected chi connectivity index (χ0v) is 10.7. The molecule has 0 aliphatic heterocycles. The molecule has 0 aliphatic carbocycles. The minimum atomic E-state index is -0.456. The molecule has 2 aromatic heterocycles. The number of rotatable bonds is 2. The van der Waals surface area contributed by atoms with Crippen LogP contribution in [0.3, 0.4) is 0 Å². The van der Waals surface area contributed by atoms with Crippen LogP contribution in [0, 0.1) is 0 Å². The summed E-state index contributed by atoms with van der Waals surface area (Å²) in [5.41, 5.74) is 6.36. The maximum atomic E-state index is 11.8. The molecule has 0 saturated carbocycles. The number of aromatic nitrogens is 4. The standard InChI is InChI=1S/C11H9N5O2S/c1-18-5-2-3-6-7(4-5)16-11(13-6)14-8(9(12)19)10(17)15-16/h2-4H,1H3,(H2,12,19)(H,15,17). The van der Waals surface area contributed by atoms with Gasteiger partial charge in [0, 0.05) is 6.07 Å². The van der Waals surface area contributed by atoms with Crippen LogP contribution in [0.4, 0.5) is 0 Å². The second-order valence-electron chi connectivity index (χ2n) is 3.87. The Hall–Kier alpha value is -2.48. The third kappa shape index (κ3) is 1.73. The van der Waals surface area contributed by atoms with Crippen LogP contribution in [0.1, 0.15) is 5.69 Å². The van der Waals surface area contributed by atoms with Gasteiger partial charge in [0.2, 0.25) is 0 Å². The number of benzene rings is 1. The molecular formula is C11H9N5O2S. The molecule has 0 unspecified atom stereocenters. The normalized spacial score (nSPS) is 11.0. The number of imidazole rings is 1. The summed E-state index contributed by atoms with van der Waals surface area (Å²) in [7, 11) is 1.57. The van der Waals surface area contributed by atoms with Gasteiger partial charge in [0.15, 0.2) is 5.69 Å². The number of aromatic amines is 1. The van der Waals surface area contributed by atoms with E-state index in [1.54, 1.807) is 25.3 Å². The highest BCUT2D eigenvalue weighted by atomic mass is 32.1. The predicted molar refractivity (Wildman–Crippen MR) is 73.6 cm³/mol. The molecule has 3 N–H and O–H groups in total. The van der Waals surface area contributed by atoms with Crippen LogP contribution >= 0.6 is 12.2 Å². The molecule has 0 aliphatic rings. The quantitative estimate of drug-likeness (QED) is 0.649. The lowest BCUT2D eigenvalue weighted by molar-refractivity contribution is 0.415. The molecular weight excluding hydrogens is 266 g/mol. The van der Waals surface area contributed by atoms with Gasteiger partial charge in [-0.1, -0.05) is 12.2 Å². The van der Waals surface area contributed by atoms with Crippen LogP contribution in [-0.2, 0) is 0 Å². The summed E-state index contributed by atoms with van der Waals surface area (Å²) in [6, 6.07) is 5.32. The Morgan fingerprint density at radius 2 is 2.26 bits per heavy atom. The van der Waals surface area contributed by atoms with Crippen molar-refractivity contribution < 1.29 is 4.74 Å². The number of hydrogen-bond donors (Lipinski definition) is 2. The topological polar surface area (TPSA) is 98.3 Å². The molecule has 0 radical (unpaired) electrons. The van der Waals surface area contributed by atoms with Crippen molar-refractivity contribution >= 4 is 34.0 Å². The monoisotopic (exact) mass is 275 g/mol. The van der Waals surface area contributed by atoms with Gasteiger partial charge in [0.25, 0.3) is 11.3 Å². The molecule has 19 heavy (non-hydrogen) atoms. The van der Waals surface area contributed by atoms with Gasteiger partial charge in [-0.15, -0.1) is 0 Å². The summed E-state index contributed by atoms with van der Waals surface area (Å²) < 4.78 is 6.61. The number of nitrogens with zero attached hydrogens (tertiary/aromatic N) is 3. The summed E-state index contributed by atoms with van der Waals surface area (Å²) >= 11 is 4.77. The lowest BCUT2D eigenvalue weighted by Crippen LogP contribution is -2.26. The van der Waals surface area contributed by atoms with E-state index >= 15 is 0 Å². The fourth-order valence-corrected chi connectivity index (χ4v) is 1.97. The first-order valence-corrected chi connectivity index (χ1v) is 5.77. The zero-order chi connectivity index (χ0) is 13.6. The summed E-state index contributed by atoms with van der Waals surface area (Å²) in [6.45, 7) is 0. The van der Waals surface area contributed by atoms with Gasteiger partial charge in [-0.05, 0) is 12.1 Å². The zero-order valence-electron chi connectivity index (χ0n) is 9.88. The third-order valence-electron chi connectivity index (χ3n) is 2.72. The van der Waals surface area contributed by atoms with E-state index in [0.29, 0.717) is 22.6 Å². The van der Waals surface area contributed by atoms with E-state index < -0.39 is 5.56 Å². The lowest BCUT2D eigenvalue weighted by Gasteiger charge is -2.00. The summed E-state index contributed by atoms with van der Waals surface area (Å²) in [5.74, 6) is 0.985. The molecule has 0 spiro atoms. The number of hydrogen-bond acceptors (Lipinski definition) is 5. The van der Waals surface area contributed by atoms with Crippen LogP contribution in [0.5, 0.6) is 5.75 Å². The smallest absolute Gasteiger partial charge is 0.291 e. The van der Waals surface area contributed by atoms with Crippen molar-refractivity contribution in [3.8, 4) is 5.75 Å². The van der Waals surface area contributed by atoms with Gasteiger partial charge in [-0.2, -0.15) is 0 Å². The van der Waals surface area contributed by atoms with Crippen LogP contribution in [0.2, 0.25) is 0 Å². The van der Waals surface area contributed by atoms with Crippen LogP contribution in [0.25, 0.3) is 16.8 Å². The van der Waals surface area contributed by atoms with Crippen molar-refractivity contribution in [2.45, 2.75) is 0 Å². The highest BCUT2D eigenvalue weighted by Gasteiger charge is 2.12. The fourth-order valence-electron chi connectivity index (χ4n) is 1.83. The minimum Gasteiger partial charge on any atom is -0.497 e. The minimum absolute atomic E-state index is 0.00442. The Bertz CT molecular complexity index is 867. The second-order valence-corrected chi connectivity index (χ2v) is 4.31. The van der Waals surface area contributed by atoms with E-state index in [1.807, 2.05) is 0 Å². The first-order chi connectivity index (χ1) is 9.10. The van der Waals surface area contributed by atoms with Crippen molar-refractivity contribution in [2.75, 3.05) is 7.11 Å². The van der Waals surface area contributed by atoms with Crippen molar-refractivity contribution in [1.29, 1.82) is 0 Å². The SMILES string of the molecule is COc1ccc2nc3nc(C(N)=S)c(=O)[nH]n3c2c1. The van der Waals surface area contributed by atoms with Crippen LogP contribution in [0.15, 0.2) is 23.0 Å². The van der Waals surface area contributed by atoms with Crippen LogP contribution in [-0.4, -0.2) is 31.7 Å². The molecule has 7 nitrogen and oxygen atoms in total. The van der Waals surface area contributed by atoms with Gasteiger partial charge >= 0.3 is 0 Å². The summed E-state index contributed by atoms with van der Waals surface area (Å²) in [6.07, 6.45) is 0. The molecule has 1 aromatic carbocycles. The number of H-pyrrole nitrogens is 1.